The molecule has 2 aromatic heterocycles. The summed E-state index contributed by atoms with van der Waals surface area (Å²) in [4.78, 5) is 8.56. The molecule has 2 aromatic rings. The summed E-state index contributed by atoms with van der Waals surface area (Å²) in [7, 11) is 0. The summed E-state index contributed by atoms with van der Waals surface area (Å²) < 4.78 is 4.98. The Morgan fingerprint density at radius 3 is 2.69 bits per heavy atom. The second-order valence-electron chi connectivity index (χ2n) is 3.80. The second-order valence-corrected chi connectivity index (χ2v) is 3.80. The molecule has 1 atom stereocenters. The summed E-state index contributed by atoms with van der Waals surface area (Å²) in [6.07, 6.45) is 8.67. The van der Waals surface area contributed by atoms with Crippen molar-refractivity contribution >= 4 is 0 Å². The molecule has 0 aromatic carbocycles. The SMILES string of the molecule is CCC(N)Cc1cnc(-c2ccoc2)nc1. The molecule has 2 N–H and O–H groups in total. The van der Waals surface area contributed by atoms with Crippen molar-refractivity contribution in [1.29, 1.82) is 0 Å². The molecule has 2 rings (SSSR count). The highest BCUT2D eigenvalue weighted by Gasteiger charge is 2.05. The molecule has 84 valence electrons. The predicted molar refractivity (Wildman–Crippen MR) is 61.7 cm³/mol. The van der Waals surface area contributed by atoms with Crippen LogP contribution in [0.2, 0.25) is 0 Å². The van der Waals surface area contributed by atoms with Gasteiger partial charge in [-0.3, -0.25) is 0 Å². The van der Waals surface area contributed by atoms with Crippen LogP contribution in [0.25, 0.3) is 11.4 Å². The zero-order valence-electron chi connectivity index (χ0n) is 9.26. The minimum Gasteiger partial charge on any atom is -0.472 e. The molecule has 0 bridgehead atoms. The van der Waals surface area contributed by atoms with E-state index in [1.807, 2.05) is 18.5 Å². The van der Waals surface area contributed by atoms with Crippen LogP contribution >= 0.6 is 0 Å². The van der Waals surface area contributed by atoms with Crippen molar-refractivity contribution in [3.8, 4) is 11.4 Å². The molecule has 0 saturated heterocycles. The van der Waals surface area contributed by atoms with E-state index < -0.39 is 0 Å². The fourth-order valence-electron chi connectivity index (χ4n) is 1.45. The van der Waals surface area contributed by atoms with Crippen LogP contribution in [0.3, 0.4) is 0 Å². The van der Waals surface area contributed by atoms with Crippen LogP contribution in [-0.4, -0.2) is 16.0 Å². The Morgan fingerprint density at radius 1 is 1.38 bits per heavy atom. The molecule has 0 amide bonds. The normalized spacial score (nSPS) is 12.6. The maximum absolute atomic E-state index is 5.87. The fourth-order valence-corrected chi connectivity index (χ4v) is 1.45. The van der Waals surface area contributed by atoms with Gasteiger partial charge in [0.25, 0.3) is 0 Å². The van der Waals surface area contributed by atoms with Crippen molar-refractivity contribution in [2.24, 2.45) is 5.73 Å². The van der Waals surface area contributed by atoms with Crippen LogP contribution in [0.1, 0.15) is 18.9 Å². The van der Waals surface area contributed by atoms with Gasteiger partial charge in [-0.1, -0.05) is 6.92 Å². The minimum atomic E-state index is 0.184. The van der Waals surface area contributed by atoms with Crippen LogP contribution in [-0.2, 0) is 6.42 Å². The summed E-state index contributed by atoms with van der Waals surface area (Å²) in [6, 6.07) is 2.02. The third-order valence-corrected chi connectivity index (χ3v) is 2.51. The van der Waals surface area contributed by atoms with E-state index in [0.717, 1.165) is 24.0 Å². The van der Waals surface area contributed by atoms with Gasteiger partial charge < -0.3 is 10.2 Å². The van der Waals surface area contributed by atoms with E-state index >= 15 is 0 Å². The summed E-state index contributed by atoms with van der Waals surface area (Å²) in [5.41, 5.74) is 7.83. The van der Waals surface area contributed by atoms with Crippen LogP contribution in [0.5, 0.6) is 0 Å². The lowest BCUT2D eigenvalue weighted by molar-refractivity contribution is 0.568. The Bertz CT molecular complexity index is 422. The maximum Gasteiger partial charge on any atom is 0.162 e. The topological polar surface area (TPSA) is 64.9 Å². The van der Waals surface area contributed by atoms with Gasteiger partial charge in [-0.2, -0.15) is 0 Å². The van der Waals surface area contributed by atoms with Crippen molar-refractivity contribution in [3.05, 3.63) is 36.5 Å². The Balaban J connectivity index is 2.11. The van der Waals surface area contributed by atoms with Crippen molar-refractivity contribution in [2.45, 2.75) is 25.8 Å². The number of furan rings is 1. The van der Waals surface area contributed by atoms with E-state index in [1.165, 1.54) is 0 Å². The molecule has 0 aliphatic rings. The average molecular weight is 217 g/mol. The number of hydrogen-bond acceptors (Lipinski definition) is 4. The lowest BCUT2D eigenvalue weighted by Gasteiger charge is -2.07. The molecule has 2 heterocycles. The molecule has 0 radical (unpaired) electrons. The molecule has 0 aliphatic heterocycles. The Hall–Kier alpha value is -1.68. The van der Waals surface area contributed by atoms with Crippen molar-refractivity contribution in [2.75, 3.05) is 0 Å². The number of aromatic nitrogens is 2. The summed E-state index contributed by atoms with van der Waals surface area (Å²) >= 11 is 0. The van der Waals surface area contributed by atoms with Crippen molar-refractivity contribution in [3.63, 3.8) is 0 Å². The van der Waals surface area contributed by atoms with Gasteiger partial charge in [0.1, 0.15) is 6.26 Å². The minimum absolute atomic E-state index is 0.184. The smallest absolute Gasteiger partial charge is 0.162 e. The molecular formula is C12H15N3O. The third kappa shape index (κ3) is 2.46. The molecule has 0 saturated carbocycles. The number of hydrogen-bond donors (Lipinski definition) is 1. The average Bonchev–Trinajstić information content (AvgIpc) is 2.83. The lowest BCUT2D eigenvalue weighted by atomic mass is 10.1. The third-order valence-electron chi connectivity index (χ3n) is 2.51. The monoisotopic (exact) mass is 217 g/mol. The summed E-state index contributed by atoms with van der Waals surface area (Å²) in [6.45, 7) is 2.07. The quantitative estimate of drug-likeness (QED) is 0.850. The largest absolute Gasteiger partial charge is 0.472 e. The lowest BCUT2D eigenvalue weighted by Crippen LogP contribution is -2.21. The van der Waals surface area contributed by atoms with Crippen LogP contribution in [0.4, 0.5) is 0 Å². The number of nitrogens with two attached hydrogens (primary N) is 1. The molecular weight excluding hydrogens is 202 g/mol. The number of nitrogens with zero attached hydrogens (tertiary/aromatic N) is 2. The highest BCUT2D eigenvalue weighted by Crippen LogP contribution is 2.14. The number of rotatable bonds is 4. The van der Waals surface area contributed by atoms with E-state index in [2.05, 4.69) is 16.9 Å². The van der Waals surface area contributed by atoms with Crippen molar-refractivity contribution < 1.29 is 4.42 Å². The Morgan fingerprint density at radius 2 is 2.12 bits per heavy atom. The zero-order chi connectivity index (χ0) is 11.4. The van der Waals surface area contributed by atoms with Crippen LogP contribution in [0, 0.1) is 0 Å². The van der Waals surface area contributed by atoms with Gasteiger partial charge >= 0.3 is 0 Å². The van der Waals surface area contributed by atoms with Gasteiger partial charge in [-0.25, -0.2) is 9.97 Å². The fraction of sp³-hybridized carbons (Fsp3) is 0.333. The van der Waals surface area contributed by atoms with Crippen molar-refractivity contribution in [1.82, 2.24) is 9.97 Å². The molecule has 0 spiro atoms. The molecule has 1 unspecified atom stereocenters. The van der Waals surface area contributed by atoms with E-state index in [-0.39, 0.29) is 6.04 Å². The van der Waals surface area contributed by atoms with Gasteiger partial charge in [0, 0.05) is 18.4 Å². The summed E-state index contributed by atoms with van der Waals surface area (Å²) in [5, 5.41) is 0. The Kier molecular flexibility index (Phi) is 3.31. The maximum atomic E-state index is 5.87. The molecule has 0 aliphatic carbocycles. The molecule has 4 heteroatoms. The van der Waals surface area contributed by atoms with Crippen LogP contribution < -0.4 is 5.73 Å². The zero-order valence-corrected chi connectivity index (χ0v) is 9.26. The molecule has 0 fully saturated rings. The molecule has 4 nitrogen and oxygen atoms in total. The second kappa shape index (κ2) is 4.90. The first-order valence-electron chi connectivity index (χ1n) is 5.38. The first-order chi connectivity index (χ1) is 7.79. The molecule has 16 heavy (non-hydrogen) atoms. The highest BCUT2D eigenvalue weighted by atomic mass is 16.3. The van der Waals surface area contributed by atoms with E-state index in [0.29, 0.717) is 5.82 Å². The van der Waals surface area contributed by atoms with E-state index in [4.69, 9.17) is 10.2 Å². The van der Waals surface area contributed by atoms with E-state index in [9.17, 15) is 0 Å². The standard InChI is InChI=1S/C12H15N3O/c1-2-11(13)5-9-6-14-12(15-7-9)10-3-4-16-8-10/h3-4,6-8,11H,2,5,13H2,1H3. The van der Waals surface area contributed by atoms with Gasteiger partial charge in [-0.05, 0) is 24.5 Å². The summed E-state index contributed by atoms with van der Waals surface area (Å²) in [5.74, 6) is 0.683. The first kappa shape index (κ1) is 10.8. The van der Waals surface area contributed by atoms with Gasteiger partial charge in [-0.15, -0.1) is 0 Å². The Labute approximate surface area is 94.5 Å². The predicted octanol–water partition coefficient (Wildman–Crippen LogP) is 2.02. The van der Waals surface area contributed by atoms with E-state index in [1.54, 1.807) is 12.5 Å². The van der Waals surface area contributed by atoms with Gasteiger partial charge in [0.15, 0.2) is 5.82 Å². The first-order valence-corrected chi connectivity index (χ1v) is 5.38. The highest BCUT2D eigenvalue weighted by molar-refractivity contribution is 5.51. The van der Waals surface area contributed by atoms with Crippen LogP contribution in [0.15, 0.2) is 35.4 Å². The van der Waals surface area contributed by atoms with Gasteiger partial charge in [0.2, 0.25) is 0 Å². The van der Waals surface area contributed by atoms with Gasteiger partial charge in [0.05, 0.1) is 11.8 Å².